The molecule has 0 radical (unpaired) electrons. The summed E-state index contributed by atoms with van der Waals surface area (Å²) >= 11 is 1.50. The number of thiophene rings is 1. The van der Waals surface area contributed by atoms with Crippen molar-refractivity contribution >= 4 is 46.4 Å². The molecule has 0 spiro atoms. The SMILES string of the molecule is CC(=O)Nc1ccc(N2C(=O)c3ccc(C(=O)OCc4cc(-c5cccs5)on4)cc3C2=O)cc1. The van der Waals surface area contributed by atoms with E-state index in [9.17, 15) is 19.2 Å². The maximum absolute atomic E-state index is 13.0. The van der Waals surface area contributed by atoms with Gasteiger partial charge in [-0.1, -0.05) is 11.2 Å². The van der Waals surface area contributed by atoms with E-state index < -0.39 is 17.8 Å². The Kier molecular flexibility index (Phi) is 5.71. The number of fused-ring (bicyclic) bond motifs is 1. The fourth-order valence-electron chi connectivity index (χ4n) is 3.64. The van der Waals surface area contributed by atoms with Crippen molar-refractivity contribution in [2.24, 2.45) is 0 Å². The summed E-state index contributed by atoms with van der Waals surface area (Å²) < 4.78 is 10.6. The molecule has 0 saturated carbocycles. The lowest BCUT2D eigenvalue weighted by Gasteiger charge is -2.14. The van der Waals surface area contributed by atoms with Gasteiger partial charge in [-0.05, 0) is 53.9 Å². The van der Waals surface area contributed by atoms with Crippen LogP contribution in [0.2, 0.25) is 0 Å². The first-order valence-corrected chi connectivity index (χ1v) is 11.4. The number of ether oxygens (including phenoxy) is 1. The molecule has 35 heavy (non-hydrogen) atoms. The molecule has 0 saturated heterocycles. The number of hydrogen-bond acceptors (Lipinski definition) is 8. The Morgan fingerprint density at radius 3 is 2.51 bits per heavy atom. The van der Waals surface area contributed by atoms with Crippen LogP contribution in [0, 0.1) is 0 Å². The molecule has 9 nitrogen and oxygen atoms in total. The normalized spacial score (nSPS) is 12.5. The Morgan fingerprint density at radius 2 is 1.80 bits per heavy atom. The van der Waals surface area contributed by atoms with Gasteiger partial charge in [0.05, 0.1) is 27.3 Å². The molecule has 2 aromatic heterocycles. The number of nitrogens with one attached hydrogen (secondary N) is 1. The van der Waals surface area contributed by atoms with Crippen molar-refractivity contribution < 1.29 is 28.4 Å². The van der Waals surface area contributed by atoms with Crippen LogP contribution in [0.15, 0.2) is 70.6 Å². The molecule has 0 unspecified atom stereocenters. The van der Waals surface area contributed by atoms with E-state index >= 15 is 0 Å². The number of benzene rings is 2. The molecular weight excluding hydrogens is 470 g/mol. The third-order valence-electron chi connectivity index (χ3n) is 5.24. The molecule has 0 fully saturated rings. The van der Waals surface area contributed by atoms with Crippen LogP contribution in [-0.4, -0.2) is 28.8 Å². The fraction of sp³-hybridized carbons (Fsp3) is 0.0800. The van der Waals surface area contributed by atoms with E-state index in [-0.39, 0.29) is 29.2 Å². The number of anilines is 2. The molecule has 0 aliphatic carbocycles. The number of hydrogen-bond donors (Lipinski definition) is 1. The Hall–Kier alpha value is -4.57. The monoisotopic (exact) mass is 487 g/mol. The molecule has 5 rings (SSSR count). The second kappa shape index (κ2) is 8.99. The van der Waals surface area contributed by atoms with Gasteiger partial charge in [-0.3, -0.25) is 14.4 Å². The molecule has 10 heteroatoms. The Balaban J connectivity index is 1.29. The van der Waals surface area contributed by atoms with E-state index in [4.69, 9.17) is 9.26 Å². The average Bonchev–Trinajstić information content (AvgIpc) is 3.59. The molecule has 1 aliphatic rings. The Bertz CT molecular complexity index is 1460. The van der Waals surface area contributed by atoms with Crippen LogP contribution >= 0.6 is 11.3 Å². The summed E-state index contributed by atoms with van der Waals surface area (Å²) in [5.74, 6) is -1.36. The maximum Gasteiger partial charge on any atom is 0.338 e. The first kappa shape index (κ1) is 22.2. The third-order valence-corrected chi connectivity index (χ3v) is 6.13. The van der Waals surface area contributed by atoms with E-state index in [1.807, 2.05) is 17.5 Å². The van der Waals surface area contributed by atoms with E-state index in [1.165, 1.54) is 36.5 Å². The first-order valence-electron chi connectivity index (χ1n) is 10.5. The van der Waals surface area contributed by atoms with Crippen LogP contribution in [0.4, 0.5) is 11.4 Å². The molecule has 1 aliphatic heterocycles. The van der Waals surface area contributed by atoms with Crippen molar-refractivity contribution in [1.82, 2.24) is 5.16 Å². The Morgan fingerprint density at radius 1 is 1.03 bits per heavy atom. The minimum Gasteiger partial charge on any atom is -0.455 e. The van der Waals surface area contributed by atoms with Crippen LogP contribution in [0.1, 0.15) is 43.7 Å². The smallest absolute Gasteiger partial charge is 0.338 e. The highest BCUT2D eigenvalue weighted by molar-refractivity contribution is 7.13. The molecule has 0 bridgehead atoms. The molecule has 3 heterocycles. The van der Waals surface area contributed by atoms with Gasteiger partial charge in [-0.25, -0.2) is 9.69 Å². The van der Waals surface area contributed by atoms with Crippen molar-refractivity contribution in [1.29, 1.82) is 0 Å². The van der Waals surface area contributed by atoms with Gasteiger partial charge in [-0.2, -0.15) is 0 Å². The maximum atomic E-state index is 13.0. The number of carbonyl (C=O) groups is 4. The molecule has 3 amide bonds. The lowest BCUT2D eigenvalue weighted by molar-refractivity contribution is -0.114. The predicted octanol–water partition coefficient (Wildman–Crippen LogP) is 4.52. The van der Waals surface area contributed by atoms with E-state index in [2.05, 4.69) is 10.5 Å². The number of rotatable bonds is 6. The number of amides is 3. The van der Waals surface area contributed by atoms with Gasteiger partial charge in [0.1, 0.15) is 12.3 Å². The molecular formula is C25H17N3O6S. The number of esters is 1. The molecule has 2 aromatic carbocycles. The highest BCUT2D eigenvalue weighted by atomic mass is 32.1. The number of aromatic nitrogens is 1. The summed E-state index contributed by atoms with van der Waals surface area (Å²) in [5.41, 5.74) is 1.77. The van der Waals surface area contributed by atoms with Gasteiger partial charge >= 0.3 is 5.97 Å². The highest BCUT2D eigenvalue weighted by Crippen LogP contribution is 2.30. The summed E-state index contributed by atoms with van der Waals surface area (Å²) in [6.07, 6.45) is 0. The predicted molar refractivity (Wildman–Crippen MR) is 127 cm³/mol. The fourth-order valence-corrected chi connectivity index (χ4v) is 4.31. The second-order valence-corrected chi connectivity index (χ2v) is 8.62. The summed E-state index contributed by atoms with van der Waals surface area (Å²) in [6.45, 7) is 1.28. The zero-order valence-corrected chi connectivity index (χ0v) is 19.1. The van der Waals surface area contributed by atoms with E-state index in [0.29, 0.717) is 22.8 Å². The van der Waals surface area contributed by atoms with E-state index in [1.54, 1.807) is 30.3 Å². The first-order chi connectivity index (χ1) is 16.9. The lowest BCUT2D eigenvalue weighted by atomic mass is 10.1. The van der Waals surface area contributed by atoms with Gasteiger partial charge in [0.15, 0.2) is 5.76 Å². The van der Waals surface area contributed by atoms with Crippen molar-refractivity contribution in [3.8, 4) is 10.6 Å². The van der Waals surface area contributed by atoms with Crippen LogP contribution in [-0.2, 0) is 16.1 Å². The average molecular weight is 487 g/mol. The summed E-state index contributed by atoms with van der Waals surface area (Å²) in [4.78, 5) is 51.6. The van der Waals surface area contributed by atoms with Crippen molar-refractivity contribution in [3.05, 3.63) is 88.4 Å². The molecule has 174 valence electrons. The van der Waals surface area contributed by atoms with Gasteiger partial charge in [0, 0.05) is 18.7 Å². The van der Waals surface area contributed by atoms with Crippen LogP contribution in [0.5, 0.6) is 0 Å². The lowest BCUT2D eigenvalue weighted by Crippen LogP contribution is -2.29. The molecule has 0 atom stereocenters. The number of carbonyl (C=O) groups excluding carboxylic acids is 4. The quantitative estimate of drug-likeness (QED) is 0.314. The van der Waals surface area contributed by atoms with Crippen molar-refractivity contribution in [2.45, 2.75) is 13.5 Å². The summed E-state index contributed by atoms with van der Waals surface area (Å²) in [6, 6.07) is 16.0. The van der Waals surface area contributed by atoms with Gasteiger partial charge < -0.3 is 14.6 Å². The number of nitrogens with zero attached hydrogens (tertiary/aromatic N) is 2. The van der Waals surface area contributed by atoms with Crippen LogP contribution in [0.3, 0.4) is 0 Å². The van der Waals surface area contributed by atoms with Crippen LogP contribution < -0.4 is 10.2 Å². The third kappa shape index (κ3) is 4.34. The topological polar surface area (TPSA) is 119 Å². The van der Waals surface area contributed by atoms with E-state index in [0.717, 1.165) is 9.78 Å². The summed E-state index contributed by atoms with van der Waals surface area (Å²) in [5, 5.41) is 8.45. The summed E-state index contributed by atoms with van der Waals surface area (Å²) in [7, 11) is 0. The zero-order valence-electron chi connectivity index (χ0n) is 18.3. The standard InChI is InChI=1S/C25H17N3O6S/c1-14(29)26-16-5-7-18(8-6-16)28-23(30)19-9-4-15(11-20(19)24(28)31)25(32)33-13-17-12-21(34-27-17)22-3-2-10-35-22/h2-12H,13H2,1H3,(H,26,29). The minimum atomic E-state index is -0.660. The van der Waals surface area contributed by atoms with Gasteiger partial charge in [-0.15, -0.1) is 11.3 Å². The Labute approximate surface area is 202 Å². The van der Waals surface area contributed by atoms with Crippen molar-refractivity contribution in [2.75, 3.05) is 10.2 Å². The van der Waals surface area contributed by atoms with Gasteiger partial charge in [0.2, 0.25) is 5.91 Å². The van der Waals surface area contributed by atoms with Crippen LogP contribution in [0.25, 0.3) is 10.6 Å². The minimum absolute atomic E-state index is 0.107. The zero-order chi connectivity index (χ0) is 24.5. The highest BCUT2D eigenvalue weighted by Gasteiger charge is 2.37. The second-order valence-electron chi connectivity index (χ2n) is 7.67. The van der Waals surface area contributed by atoms with Crippen molar-refractivity contribution in [3.63, 3.8) is 0 Å². The number of imide groups is 1. The molecule has 4 aromatic rings. The largest absolute Gasteiger partial charge is 0.455 e. The molecule has 1 N–H and O–H groups in total. The van der Waals surface area contributed by atoms with Gasteiger partial charge in [0.25, 0.3) is 11.8 Å².